The predicted molar refractivity (Wildman–Crippen MR) is 61.0 cm³/mol. The average molecular weight is 212 g/mol. The van der Waals surface area contributed by atoms with Crippen molar-refractivity contribution in [3.63, 3.8) is 0 Å². The van der Waals surface area contributed by atoms with Crippen LogP contribution in [0.4, 0.5) is 0 Å². The normalized spacial score (nSPS) is 11.0. The van der Waals surface area contributed by atoms with Gasteiger partial charge in [0, 0.05) is 6.42 Å². The molecular formula is C13H12N2O. The van der Waals surface area contributed by atoms with Crippen molar-refractivity contribution in [2.45, 2.75) is 13.3 Å². The van der Waals surface area contributed by atoms with Gasteiger partial charge in [0.1, 0.15) is 11.8 Å². The molecule has 0 saturated heterocycles. The highest BCUT2D eigenvalue weighted by molar-refractivity contribution is 5.78. The van der Waals surface area contributed by atoms with Crippen molar-refractivity contribution in [1.82, 2.24) is 0 Å². The highest BCUT2D eigenvalue weighted by Gasteiger charge is 2.07. The molecule has 1 aromatic rings. The maximum Gasteiger partial charge on any atom is 0.114 e. The van der Waals surface area contributed by atoms with Crippen LogP contribution in [0.2, 0.25) is 0 Å². The second-order valence-corrected chi connectivity index (χ2v) is 3.16. The van der Waals surface area contributed by atoms with Gasteiger partial charge in [0.25, 0.3) is 0 Å². The molecule has 3 heteroatoms. The molecule has 1 rings (SSSR count). The molecule has 0 radical (unpaired) electrons. The molecule has 0 spiro atoms. The lowest BCUT2D eigenvalue weighted by atomic mass is 10.0. The summed E-state index contributed by atoms with van der Waals surface area (Å²) in [6.07, 6.45) is 0.666. The first-order valence-electron chi connectivity index (χ1n) is 4.94. The van der Waals surface area contributed by atoms with E-state index in [2.05, 4.69) is 6.07 Å². The van der Waals surface area contributed by atoms with Crippen molar-refractivity contribution < 1.29 is 4.74 Å². The SMILES string of the molecule is CCC(OC)=C(C#N)c1ccc(C#N)cc1. The maximum absolute atomic E-state index is 9.09. The minimum absolute atomic E-state index is 0.523. The first-order chi connectivity index (χ1) is 7.76. The molecule has 0 fully saturated rings. The molecule has 0 aliphatic rings. The zero-order valence-corrected chi connectivity index (χ0v) is 9.32. The van der Waals surface area contributed by atoms with Gasteiger partial charge >= 0.3 is 0 Å². The van der Waals surface area contributed by atoms with Crippen LogP contribution in [-0.2, 0) is 4.74 Å². The van der Waals surface area contributed by atoms with Crippen molar-refractivity contribution in [1.29, 1.82) is 10.5 Å². The molecule has 3 nitrogen and oxygen atoms in total. The van der Waals surface area contributed by atoms with Gasteiger partial charge in [-0.25, -0.2) is 0 Å². The van der Waals surface area contributed by atoms with Crippen LogP contribution in [0.3, 0.4) is 0 Å². The summed E-state index contributed by atoms with van der Waals surface area (Å²) in [6, 6.07) is 11.1. The highest BCUT2D eigenvalue weighted by Crippen LogP contribution is 2.21. The number of hydrogen-bond acceptors (Lipinski definition) is 3. The van der Waals surface area contributed by atoms with E-state index in [9.17, 15) is 0 Å². The van der Waals surface area contributed by atoms with Gasteiger partial charge in [-0.3, -0.25) is 0 Å². The van der Waals surface area contributed by atoms with E-state index in [0.29, 0.717) is 23.3 Å². The molecule has 80 valence electrons. The quantitative estimate of drug-likeness (QED) is 0.571. The van der Waals surface area contributed by atoms with Crippen molar-refractivity contribution in [3.05, 3.63) is 41.2 Å². The van der Waals surface area contributed by atoms with Gasteiger partial charge in [-0.15, -0.1) is 0 Å². The maximum atomic E-state index is 9.09. The standard InChI is InChI=1S/C13H12N2O/c1-3-13(16-2)12(9-15)11-6-4-10(8-14)5-7-11/h4-7H,3H2,1-2H3. The van der Waals surface area contributed by atoms with Crippen LogP contribution in [0.15, 0.2) is 30.0 Å². The number of hydrogen-bond donors (Lipinski definition) is 0. The molecule has 0 aromatic heterocycles. The summed E-state index contributed by atoms with van der Waals surface area (Å²) in [5, 5.41) is 17.8. The summed E-state index contributed by atoms with van der Waals surface area (Å²) >= 11 is 0. The Kier molecular flexibility index (Phi) is 4.12. The Hall–Kier alpha value is -2.26. The van der Waals surface area contributed by atoms with Gasteiger partial charge in [-0.05, 0) is 17.7 Å². The lowest BCUT2D eigenvalue weighted by Crippen LogP contribution is -1.92. The van der Waals surface area contributed by atoms with Gasteiger partial charge < -0.3 is 4.74 Å². The number of rotatable bonds is 3. The van der Waals surface area contributed by atoms with E-state index in [4.69, 9.17) is 15.3 Å². The highest BCUT2D eigenvalue weighted by atomic mass is 16.5. The molecule has 0 heterocycles. The van der Waals surface area contributed by atoms with Crippen LogP contribution < -0.4 is 0 Å². The summed E-state index contributed by atoms with van der Waals surface area (Å²) in [6.45, 7) is 1.93. The summed E-state index contributed by atoms with van der Waals surface area (Å²) in [5.41, 5.74) is 1.88. The van der Waals surface area contributed by atoms with Crippen molar-refractivity contribution in [2.75, 3.05) is 7.11 Å². The second-order valence-electron chi connectivity index (χ2n) is 3.16. The van der Waals surface area contributed by atoms with Crippen LogP contribution in [0.1, 0.15) is 24.5 Å². The minimum atomic E-state index is 0.523. The second kappa shape index (κ2) is 5.58. The Morgan fingerprint density at radius 1 is 1.25 bits per heavy atom. The topological polar surface area (TPSA) is 56.8 Å². The van der Waals surface area contributed by atoms with Gasteiger partial charge in [0.2, 0.25) is 0 Å². The van der Waals surface area contributed by atoms with Gasteiger partial charge in [0.15, 0.2) is 0 Å². The molecule has 16 heavy (non-hydrogen) atoms. The largest absolute Gasteiger partial charge is 0.500 e. The monoisotopic (exact) mass is 212 g/mol. The fourth-order valence-electron chi connectivity index (χ4n) is 1.42. The lowest BCUT2D eigenvalue weighted by molar-refractivity contribution is 0.283. The van der Waals surface area contributed by atoms with E-state index < -0.39 is 0 Å². The molecule has 0 saturated carbocycles. The smallest absolute Gasteiger partial charge is 0.114 e. The van der Waals surface area contributed by atoms with Crippen molar-refractivity contribution in [2.24, 2.45) is 0 Å². The Labute approximate surface area is 95.2 Å². The molecule has 0 bridgehead atoms. The summed E-state index contributed by atoms with van der Waals surface area (Å²) in [7, 11) is 1.56. The predicted octanol–water partition coefficient (Wildman–Crippen LogP) is 2.85. The first-order valence-corrected chi connectivity index (χ1v) is 4.94. The molecule has 0 aliphatic heterocycles. The fraction of sp³-hybridized carbons (Fsp3) is 0.231. The minimum Gasteiger partial charge on any atom is -0.500 e. The molecule has 0 N–H and O–H groups in total. The number of nitriles is 2. The van der Waals surface area contributed by atoms with E-state index in [1.54, 1.807) is 31.4 Å². The van der Waals surface area contributed by atoms with Crippen LogP contribution in [-0.4, -0.2) is 7.11 Å². The zero-order valence-electron chi connectivity index (χ0n) is 9.32. The Morgan fingerprint density at radius 3 is 2.25 bits per heavy atom. The summed E-state index contributed by atoms with van der Waals surface area (Å²) < 4.78 is 5.16. The zero-order chi connectivity index (χ0) is 12.0. The first kappa shape index (κ1) is 11.8. The fourth-order valence-corrected chi connectivity index (χ4v) is 1.42. The Morgan fingerprint density at radius 2 is 1.88 bits per heavy atom. The number of ether oxygens (including phenoxy) is 1. The number of nitrogens with zero attached hydrogens (tertiary/aromatic N) is 2. The summed E-state index contributed by atoms with van der Waals surface area (Å²) in [5.74, 6) is 0.659. The van der Waals surface area contributed by atoms with Gasteiger partial charge in [-0.2, -0.15) is 10.5 Å². The molecule has 0 atom stereocenters. The van der Waals surface area contributed by atoms with E-state index >= 15 is 0 Å². The van der Waals surface area contributed by atoms with Crippen LogP contribution in [0.5, 0.6) is 0 Å². The number of benzene rings is 1. The van der Waals surface area contributed by atoms with E-state index in [1.807, 2.05) is 13.0 Å². The van der Waals surface area contributed by atoms with Crippen molar-refractivity contribution in [3.8, 4) is 12.1 Å². The molecule has 0 unspecified atom stereocenters. The van der Waals surface area contributed by atoms with E-state index in [0.717, 1.165) is 5.56 Å². The Balaban J connectivity index is 3.21. The summed E-state index contributed by atoms with van der Waals surface area (Å²) in [4.78, 5) is 0. The molecule has 0 aliphatic carbocycles. The van der Waals surface area contributed by atoms with Crippen LogP contribution in [0.25, 0.3) is 5.57 Å². The van der Waals surface area contributed by atoms with Crippen molar-refractivity contribution >= 4 is 5.57 Å². The van der Waals surface area contributed by atoms with E-state index in [-0.39, 0.29) is 0 Å². The van der Waals surface area contributed by atoms with Gasteiger partial charge in [0.05, 0.1) is 24.3 Å². The average Bonchev–Trinajstić information content (AvgIpc) is 2.36. The van der Waals surface area contributed by atoms with Crippen LogP contribution >= 0.6 is 0 Å². The molecular weight excluding hydrogens is 200 g/mol. The number of methoxy groups -OCH3 is 1. The molecule has 1 aromatic carbocycles. The third-order valence-electron chi connectivity index (χ3n) is 2.26. The third-order valence-corrected chi connectivity index (χ3v) is 2.26. The van der Waals surface area contributed by atoms with Crippen LogP contribution in [0, 0.1) is 22.7 Å². The Bertz CT molecular complexity index is 466. The molecule has 0 amide bonds. The lowest BCUT2D eigenvalue weighted by Gasteiger charge is -2.06. The third kappa shape index (κ3) is 2.40. The van der Waals surface area contributed by atoms with E-state index in [1.165, 1.54) is 0 Å². The van der Waals surface area contributed by atoms with Gasteiger partial charge in [-0.1, -0.05) is 19.1 Å². The number of allylic oxidation sites excluding steroid dienone is 2.